The van der Waals surface area contributed by atoms with Crippen LogP contribution in [0, 0.1) is 13.8 Å². The van der Waals surface area contributed by atoms with E-state index in [0.717, 1.165) is 21.2 Å². The van der Waals surface area contributed by atoms with E-state index in [1.807, 2.05) is 48.7 Å². The molecule has 1 aromatic heterocycles. The average Bonchev–Trinajstić information content (AvgIpc) is 2.59. The number of aryl methyl sites for hydroxylation is 2. The molecule has 0 atom stereocenters. The first-order valence-corrected chi connectivity index (χ1v) is 8.78. The second-order valence-corrected chi connectivity index (χ2v) is 7.11. The fourth-order valence-electron chi connectivity index (χ4n) is 2.75. The van der Waals surface area contributed by atoms with E-state index in [2.05, 4.69) is 15.9 Å². The van der Waals surface area contributed by atoms with Crippen molar-refractivity contribution < 1.29 is 4.79 Å². The molecular formula is C20H19BrN2O2. The van der Waals surface area contributed by atoms with Gasteiger partial charge in [0.1, 0.15) is 6.54 Å². The molecule has 0 spiro atoms. The van der Waals surface area contributed by atoms with Crippen molar-refractivity contribution in [2.24, 2.45) is 0 Å². The van der Waals surface area contributed by atoms with Crippen molar-refractivity contribution in [2.75, 3.05) is 11.9 Å². The van der Waals surface area contributed by atoms with Crippen LogP contribution in [0.1, 0.15) is 11.1 Å². The van der Waals surface area contributed by atoms with E-state index in [1.54, 1.807) is 24.2 Å². The molecule has 4 nitrogen and oxygen atoms in total. The molecule has 0 N–H and O–H groups in total. The summed E-state index contributed by atoms with van der Waals surface area (Å²) in [5.74, 6) is -0.0453. The molecule has 5 heteroatoms. The lowest BCUT2D eigenvalue weighted by molar-refractivity contribution is -0.118. The van der Waals surface area contributed by atoms with Crippen molar-refractivity contribution in [1.82, 2.24) is 4.57 Å². The minimum atomic E-state index is -0.0532. The van der Waals surface area contributed by atoms with Gasteiger partial charge in [0.2, 0.25) is 5.91 Å². The van der Waals surface area contributed by atoms with Gasteiger partial charge in [-0.25, -0.2) is 0 Å². The van der Waals surface area contributed by atoms with Crippen LogP contribution in [0.3, 0.4) is 0 Å². The van der Waals surface area contributed by atoms with Crippen LogP contribution in [-0.2, 0) is 11.3 Å². The summed E-state index contributed by atoms with van der Waals surface area (Å²) in [6.07, 6.45) is 1.67. The molecule has 0 aliphatic heterocycles. The standard InChI is InChI=1S/C20H19BrN2O2/c1-13-4-6-16(10-14(13)2)22(3)20(25)12-23-9-8-19(24)17-11-15(21)5-7-18(17)23/h4-11H,12H2,1-3H3. The van der Waals surface area contributed by atoms with Gasteiger partial charge in [-0.1, -0.05) is 22.0 Å². The number of pyridine rings is 1. The van der Waals surface area contributed by atoms with Crippen molar-refractivity contribution >= 4 is 38.4 Å². The first-order valence-electron chi connectivity index (χ1n) is 7.99. The van der Waals surface area contributed by atoms with Crippen LogP contribution in [0.25, 0.3) is 10.9 Å². The van der Waals surface area contributed by atoms with Gasteiger partial charge in [0.15, 0.2) is 5.43 Å². The second kappa shape index (κ2) is 6.84. The van der Waals surface area contributed by atoms with E-state index in [0.29, 0.717) is 5.39 Å². The van der Waals surface area contributed by atoms with Crippen molar-refractivity contribution in [3.05, 3.63) is 74.5 Å². The molecule has 1 heterocycles. The summed E-state index contributed by atoms with van der Waals surface area (Å²) in [7, 11) is 1.77. The van der Waals surface area contributed by atoms with Crippen LogP contribution < -0.4 is 10.3 Å². The van der Waals surface area contributed by atoms with Gasteiger partial charge in [-0.05, 0) is 55.3 Å². The largest absolute Gasteiger partial charge is 0.338 e. The van der Waals surface area contributed by atoms with E-state index in [1.165, 1.54) is 11.6 Å². The number of benzene rings is 2. The zero-order valence-corrected chi connectivity index (χ0v) is 16.0. The summed E-state index contributed by atoms with van der Waals surface area (Å²) in [6.45, 7) is 4.25. The van der Waals surface area contributed by atoms with E-state index < -0.39 is 0 Å². The lowest BCUT2D eigenvalue weighted by Crippen LogP contribution is -2.30. The predicted molar refractivity (Wildman–Crippen MR) is 105 cm³/mol. The number of rotatable bonds is 3. The average molecular weight is 399 g/mol. The Kier molecular flexibility index (Phi) is 4.77. The lowest BCUT2D eigenvalue weighted by Gasteiger charge is -2.20. The van der Waals surface area contributed by atoms with Gasteiger partial charge >= 0.3 is 0 Å². The first kappa shape index (κ1) is 17.4. The smallest absolute Gasteiger partial charge is 0.246 e. The normalized spacial score (nSPS) is 10.9. The highest BCUT2D eigenvalue weighted by Gasteiger charge is 2.13. The maximum atomic E-state index is 12.7. The van der Waals surface area contributed by atoms with Crippen LogP contribution in [0.15, 0.2) is 57.9 Å². The number of amides is 1. The van der Waals surface area contributed by atoms with Gasteiger partial charge in [-0.3, -0.25) is 9.59 Å². The molecule has 0 aliphatic rings. The number of carbonyl (C=O) groups is 1. The number of carbonyl (C=O) groups excluding carboxylic acids is 1. The molecule has 0 aliphatic carbocycles. The molecule has 3 rings (SSSR count). The summed E-state index contributed by atoms with van der Waals surface area (Å²) < 4.78 is 2.65. The zero-order valence-electron chi connectivity index (χ0n) is 14.4. The third-order valence-corrected chi connectivity index (χ3v) is 4.99. The Bertz CT molecular complexity index is 1020. The molecular weight excluding hydrogens is 380 g/mol. The number of aromatic nitrogens is 1. The molecule has 1 amide bonds. The van der Waals surface area contributed by atoms with E-state index in [4.69, 9.17) is 0 Å². The monoisotopic (exact) mass is 398 g/mol. The van der Waals surface area contributed by atoms with Crippen LogP contribution in [-0.4, -0.2) is 17.5 Å². The molecule has 0 unspecified atom stereocenters. The van der Waals surface area contributed by atoms with Gasteiger partial charge in [-0.15, -0.1) is 0 Å². The Labute approximate surface area is 154 Å². The van der Waals surface area contributed by atoms with Crippen molar-refractivity contribution in [3.63, 3.8) is 0 Å². The quantitative estimate of drug-likeness (QED) is 0.667. The number of hydrogen-bond acceptors (Lipinski definition) is 2. The Balaban J connectivity index is 1.93. The number of likely N-dealkylation sites (N-methyl/N-ethyl adjacent to an activating group) is 1. The highest BCUT2D eigenvalue weighted by atomic mass is 79.9. The predicted octanol–water partition coefficient (Wildman–Crippen LogP) is 4.04. The topological polar surface area (TPSA) is 42.3 Å². The second-order valence-electron chi connectivity index (χ2n) is 6.19. The van der Waals surface area contributed by atoms with Gasteiger partial charge in [0.05, 0.1) is 5.52 Å². The minimum Gasteiger partial charge on any atom is -0.338 e. The Hall–Kier alpha value is -2.40. The van der Waals surface area contributed by atoms with Gasteiger partial charge in [0, 0.05) is 34.9 Å². The van der Waals surface area contributed by atoms with Gasteiger partial charge in [0.25, 0.3) is 0 Å². The lowest BCUT2D eigenvalue weighted by atomic mass is 10.1. The molecule has 0 saturated carbocycles. The SMILES string of the molecule is Cc1ccc(N(C)C(=O)Cn2ccc(=O)c3cc(Br)ccc32)cc1C. The fourth-order valence-corrected chi connectivity index (χ4v) is 3.11. The number of halogens is 1. The molecule has 2 aromatic carbocycles. The number of hydrogen-bond donors (Lipinski definition) is 0. The highest BCUT2D eigenvalue weighted by molar-refractivity contribution is 9.10. The van der Waals surface area contributed by atoms with Crippen LogP contribution in [0.4, 0.5) is 5.69 Å². The van der Waals surface area contributed by atoms with Crippen molar-refractivity contribution in [2.45, 2.75) is 20.4 Å². The third-order valence-electron chi connectivity index (χ3n) is 4.50. The van der Waals surface area contributed by atoms with Crippen LogP contribution in [0.5, 0.6) is 0 Å². The van der Waals surface area contributed by atoms with E-state index in [9.17, 15) is 9.59 Å². The molecule has 0 bridgehead atoms. The van der Waals surface area contributed by atoms with Crippen molar-refractivity contribution in [3.8, 4) is 0 Å². The number of fused-ring (bicyclic) bond motifs is 1. The molecule has 25 heavy (non-hydrogen) atoms. The highest BCUT2D eigenvalue weighted by Crippen LogP contribution is 2.20. The zero-order chi connectivity index (χ0) is 18.1. The Morgan fingerprint density at radius 3 is 2.56 bits per heavy atom. The summed E-state index contributed by atoms with van der Waals surface area (Å²) in [6, 6.07) is 13.0. The van der Waals surface area contributed by atoms with E-state index in [-0.39, 0.29) is 17.9 Å². The fraction of sp³-hybridized carbons (Fsp3) is 0.200. The molecule has 0 radical (unpaired) electrons. The van der Waals surface area contributed by atoms with E-state index >= 15 is 0 Å². The summed E-state index contributed by atoms with van der Waals surface area (Å²) in [5.41, 5.74) is 3.90. The molecule has 0 saturated heterocycles. The Morgan fingerprint density at radius 2 is 1.84 bits per heavy atom. The maximum absolute atomic E-state index is 12.7. The molecule has 3 aromatic rings. The number of nitrogens with zero attached hydrogens (tertiary/aromatic N) is 2. The van der Waals surface area contributed by atoms with Gasteiger partial charge in [-0.2, -0.15) is 0 Å². The molecule has 128 valence electrons. The number of anilines is 1. The minimum absolute atomic E-state index is 0.0453. The molecule has 0 fully saturated rings. The van der Waals surface area contributed by atoms with Crippen molar-refractivity contribution in [1.29, 1.82) is 0 Å². The summed E-state index contributed by atoms with van der Waals surface area (Å²) in [4.78, 5) is 26.4. The maximum Gasteiger partial charge on any atom is 0.246 e. The summed E-state index contributed by atoms with van der Waals surface area (Å²) in [5, 5.41) is 0.596. The third kappa shape index (κ3) is 3.51. The first-order chi connectivity index (χ1) is 11.9. The van der Waals surface area contributed by atoms with Crippen LogP contribution in [0.2, 0.25) is 0 Å². The Morgan fingerprint density at radius 1 is 1.08 bits per heavy atom. The van der Waals surface area contributed by atoms with Crippen LogP contribution >= 0.6 is 15.9 Å². The van der Waals surface area contributed by atoms with Gasteiger partial charge < -0.3 is 9.47 Å². The summed E-state index contributed by atoms with van der Waals surface area (Å²) >= 11 is 3.39.